The number of fused-ring (bicyclic) bond motifs is 8. The maximum atomic E-state index is 12.3. The summed E-state index contributed by atoms with van der Waals surface area (Å²) in [6.45, 7) is 5.38. The summed E-state index contributed by atoms with van der Waals surface area (Å²) >= 11 is 0. The Morgan fingerprint density at radius 3 is 1.96 bits per heavy atom. The van der Waals surface area contributed by atoms with Gasteiger partial charge in [0, 0.05) is 12.8 Å². The van der Waals surface area contributed by atoms with Crippen LogP contribution in [0.4, 0.5) is 4.79 Å². The molecule has 126 valence electrons. The zero-order valence-electron chi connectivity index (χ0n) is 14.3. The number of hydrogen-bond donors (Lipinski definition) is 0. The summed E-state index contributed by atoms with van der Waals surface area (Å²) in [4.78, 5) is 25.7. The molecule has 0 radical (unpaired) electrons. The van der Waals surface area contributed by atoms with Crippen molar-refractivity contribution in [1.82, 2.24) is 4.90 Å². The fourth-order valence-corrected chi connectivity index (χ4v) is 4.82. The first-order valence-electron chi connectivity index (χ1n) is 8.28. The lowest BCUT2D eigenvalue weighted by atomic mass is 9.92. The predicted molar refractivity (Wildman–Crippen MR) is 86.8 cm³/mol. The lowest BCUT2D eigenvalue weighted by Crippen LogP contribution is -2.32. The molecule has 2 fully saturated rings. The van der Waals surface area contributed by atoms with Gasteiger partial charge in [0.05, 0.1) is 19.2 Å². The lowest BCUT2D eigenvalue weighted by Gasteiger charge is -2.26. The van der Waals surface area contributed by atoms with Gasteiger partial charge >= 0.3 is 12.1 Å². The van der Waals surface area contributed by atoms with Crippen LogP contribution in [0.25, 0.3) is 0 Å². The predicted octanol–water partition coefficient (Wildman–Crippen LogP) is 3.58. The number of carbonyl (C=O) groups excluding carboxylic acids is 2. The van der Waals surface area contributed by atoms with Crippen molar-refractivity contribution in [1.29, 1.82) is 0 Å². The molecule has 0 spiro atoms. The Morgan fingerprint density at radius 1 is 1.00 bits per heavy atom. The molecule has 5 nitrogen and oxygen atoms in total. The minimum absolute atomic E-state index is 0.0126. The van der Waals surface area contributed by atoms with E-state index in [0.717, 1.165) is 11.3 Å². The Morgan fingerprint density at radius 2 is 1.54 bits per heavy atom. The third-order valence-corrected chi connectivity index (χ3v) is 5.53. The summed E-state index contributed by atoms with van der Waals surface area (Å²) in [5.41, 5.74) is 3.43. The van der Waals surface area contributed by atoms with Crippen LogP contribution in [0.2, 0.25) is 0 Å². The number of rotatable bonds is 2. The standard InChI is InChI=1S/C19H21NO4/c1-9(2)18(24-10(3)21)15-13-14(15)17-12-8-6-5-7-11(12)16(13)20(17)19(22)23-4/h5-8,13-17H,1-4H3/t13-,14+,15?,16-,17+. The number of esters is 1. The van der Waals surface area contributed by atoms with E-state index in [4.69, 9.17) is 9.47 Å². The van der Waals surface area contributed by atoms with Crippen molar-refractivity contribution in [2.45, 2.75) is 32.9 Å². The minimum Gasteiger partial charge on any atom is -0.453 e. The van der Waals surface area contributed by atoms with E-state index < -0.39 is 0 Å². The van der Waals surface area contributed by atoms with Crippen LogP contribution in [0, 0.1) is 17.8 Å². The first kappa shape index (κ1) is 15.2. The topological polar surface area (TPSA) is 55.8 Å². The van der Waals surface area contributed by atoms with E-state index in [0.29, 0.717) is 11.8 Å². The van der Waals surface area contributed by atoms with Crippen LogP contribution < -0.4 is 0 Å². The summed E-state index contributed by atoms with van der Waals surface area (Å²) in [5.74, 6) is 1.29. The normalized spacial score (nSPS) is 31.2. The first-order chi connectivity index (χ1) is 11.5. The molecule has 2 bridgehead atoms. The Hall–Kier alpha value is -2.30. The van der Waals surface area contributed by atoms with Gasteiger partial charge in [-0.1, -0.05) is 24.3 Å². The molecule has 1 aliphatic carbocycles. The molecule has 1 aromatic carbocycles. The van der Waals surface area contributed by atoms with Crippen molar-refractivity contribution in [3.05, 3.63) is 46.7 Å². The molecule has 2 aliphatic heterocycles. The van der Waals surface area contributed by atoms with Crippen LogP contribution in [0.15, 0.2) is 35.6 Å². The molecule has 5 atom stereocenters. The van der Waals surface area contributed by atoms with E-state index in [-0.39, 0.29) is 30.1 Å². The van der Waals surface area contributed by atoms with Crippen LogP contribution in [0.5, 0.6) is 0 Å². The molecule has 1 unspecified atom stereocenters. The lowest BCUT2D eigenvalue weighted by molar-refractivity contribution is -0.137. The number of methoxy groups -OCH3 is 1. The highest BCUT2D eigenvalue weighted by Crippen LogP contribution is 2.75. The molecular formula is C19H21NO4. The van der Waals surface area contributed by atoms with Crippen LogP contribution in [-0.4, -0.2) is 24.1 Å². The van der Waals surface area contributed by atoms with Crippen LogP contribution in [-0.2, 0) is 14.3 Å². The highest BCUT2D eigenvalue weighted by molar-refractivity contribution is 5.73. The minimum atomic E-state index is -0.286. The summed E-state index contributed by atoms with van der Waals surface area (Å²) < 4.78 is 10.5. The van der Waals surface area contributed by atoms with Gasteiger partial charge in [-0.25, -0.2) is 4.79 Å². The van der Waals surface area contributed by atoms with Crippen LogP contribution >= 0.6 is 0 Å². The molecular weight excluding hydrogens is 306 g/mol. The Kier molecular flexibility index (Phi) is 3.24. The highest BCUT2D eigenvalue weighted by atomic mass is 16.5. The van der Waals surface area contributed by atoms with Crippen LogP contribution in [0.1, 0.15) is 44.0 Å². The number of allylic oxidation sites excluding steroid dienone is 2. The van der Waals surface area contributed by atoms with E-state index in [1.807, 2.05) is 30.9 Å². The van der Waals surface area contributed by atoms with Crippen molar-refractivity contribution in [2.24, 2.45) is 17.8 Å². The summed E-state index contributed by atoms with van der Waals surface area (Å²) in [5, 5.41) is 0. The molecule has 0 N–H and O–H groups in total. The largest absolute Gasteiger partial charge is 0.453 e. The number of nitrogens with zero attached hydrogens (tertiary/aromatic N) is 1. The second kappa shape index (κ2) is 5.10. The number of carbonyl (C=O) groups is 2. The second-order valence-corrected chi connectivity index (χ2v) is 7.03. The van der Waals surface area contributed by atoms with E-state index in [1.165, 1.54) is 25.2 Å². The third-order valence-electron chi connectivity index (χ3n) is 5.53. The molecule has 1 saturated carbocycles. The molecule has 5 heteroatoms. The van der Waals surface area contributed by atoms with E-state index >= 15 is 0 Å². The smallest absolute Gasteiger partial charge is 0.410 e. The van der Waals surface area contributed by atoms with Gasteiger partial charge in [0.2, 0.25) is 0 Å². The molecule has 3 aliphatic rings. The quantitative estimate of drug-likeness (QED) is 0.615. The number of benzene rings is 1. The van der Waals surface area contributed by atoms with Gasteiger partial charge in [-0.2, -0.15) is 0 Å². The molecule has 1 saturated heterocycles. The van der Waals surface area contributed by atoms with Crippen molar-refractivity contribution >= 4 is 12.1 Å². The Balaban J connectivity index is 1.73. The molecule has 1 aromatic rings. The number of ether oxygens (including phenoxy) is 2. The monoisotopic (exact) mass is 327 g/mol. The number of amides is 1. The van der Waals surface area contributed by atoms with Gasteiger partial charge < -0.3 is 9.47 Å². The SMILES string of the molecule is COC(=O)N1[C@@H]2c3ccccc3[C@H]1[C@@H]1C(C(OC(C)=O)=C(C)C)[C@@H]12. The molecule has 2 heterocycles. The van der Waals surface area contributed by atoms with Gasteiger partial charge in [0.1, 0.15) is 5.76 Å². The third kappa shape index (κ3) is 1.87. The van der Waals surface area contributed by atoms with Crippen molar-refractivity contribution in [3.63, 3.8) is 0 Å². The summed E-state index contributed by atoms with van der Waals surface area (Å²) in [6, 6.07) is 8.23. The van der Waals surface area contributed by atoms with E-state index in [2.05, 4.69) is 12.1 Å². The van der Waals surface area contributed by atoms with Crippen molar-refractivity contribution < 1.29 is 19.1 Å². The van der Waals surface area contributed by atoms with Gasteiger partial charge in [-0.3, -0.25) is 9.69 Å². The average molecular weight is 327 g/mol. The molecule has 4 rings (SSSR count). The van der Waals surface area contributed by atoms with Gasteiger partial charge in [-0.15, -0.1) is 0 Å². The maximum absolute atomic E-state index is 12.3. The average Bonchev–Trinajstić information content (AvgIpc) is 3.05. The first-order valence-corrected chi connectivity index (χ1v) is 8.28. The number of hydrogen-bond acceptors (Lipinski definition) is 4. The van der Waals surface area contributed by atoms with Crippen molar-refractivity contribution in [2.75, 3.05) is 7.11 Å². The molecule has 24 heavy (non-hydrogen) atoms. The number of piperidine rings is 1. The van der Waals surface area contributed by atoms with Crippen LogP contribution in [0.3, 0.4) is 0 Å². The molecule has 0 aromatic heterocycles. The summed E-state index contributed by atoms with van der Waals surface area (Å²) in [7, 11) is 1.42. The Labute approximate surface area is 141 Å². The Bertz CT molecular complexity index is 727. The zero-order chi connectivity index (χ0) is 17.2. The van der Waals surface area contributed by atoms with Gasteiger partial charge in [0.15, 0.2) is 0 Å². The zero-order valence-corrected chi connectivity index (χ0v) is 14.3. The van der Waals surface area contributed by atoms with Gasteiger partial charge in [0.25, 0.3) is 0 Å². The fourth-order valence-electron chi connectivity index (χ4n) is 4.82. The second-order valence-electron chi connectivity index (χ2n) is 7.03. The van der Waals surface area contributed by atoms with E-state index in [1.54, 1.807) is 0 Å². The van der Waals surface area contributed by atoms with E-state index in [9.17, 15) is 9.59 Å². The van der Waals surface area contributed by atoms with Crippen molar-refractivity contribution in [3.8, 4) is 0 Å². The fraction of sp³-hybridized carbons (Fsp3) is 0.474. The highest BCUT2D eigenvalue weighted by Gasteiger charge is 2.73. The maximum Gasteiger partial charge on any atom is 0.410 e. The van der Waals surface area contributed by atoms with Gasteiger partial charge in [-0.05, 0) is 42.4 Å². The summed E-state index contributed by atoms with van der Waals surface area (Å²) in [6.07, 6.45) is -0.279. The molecule has 1 amide bonds.